The second-order valence-electron chi connectivity index (χ2n) is 10.5. The molecule has 2 heterocycles. The van der Waals surface area contributed by atoms with E-state index in [9.17, 15) is 18.0 Å². The minimum absolute atomic E-state index is 0.134. The van der Waals surface area contributed by atoms with Crippen molar-refractivity contribution in [2.24, 2.45) is 9.98 Å². The molecule has 0 aliphatic carbocycles. The van der Waals surface area contributed by atoms with Crippen molar-refractivity contribution in [2.75, 3.05) is 17.2 Å². The molecule has 2 amide bonds. The van der Waals surface area contributed by atoms with Gasteiger partial charge in [0.25, 0.3) is 0 Å². The molecule has 5 rings (SSSR count). The fourth-order valence-electron chi connectivity index (χ4n) is 4.78. The molecular formula is C32H31F3N6O2S. The van der Waals surface area contributed by atoms with Crippen LogP contribution in [0.3, 0.4) is 0 Å². The first-order valence-electron chi connectivity index (χ1n) is 14.0. The zero-order valence-corrected chi connectivity index (χ0v) is 25.4. The van der Waals surface area contributed by atoms with Crippen LogP contribution in [0.2, 0.25) is 0 Å². The van der Waals surface area contributed by atoms with Gasteiger partial charge in [0, 0.05) is 35.2 Å². The quantitative estimate of drug-likeness (QED) is 0.194. The summed E-state index contributed by atoms with van der Waals surface area (Å²) in [6.07, 6.45) is -3.27. The Labute approximate surface area is 257 Å². The van der Waals surface area contributed by atoms with Crippen molar-refractivity contribution in [2.45, 2.75) is 45.9 Å². The van der Waals surface area contributed by atoms with Crippen LogP contribution < -0.4 is 9.64 Å². The number of anilines is 1. The van der Waals surface area contributed by atoms with Crippen molar-refractivity contribution in [3.05, 3.63) is 90.3 Å². The Balaban J connectivity index is 1.25. The summed E-state index contributed by atoms with van der Waals surface area (Å²) >= 11 is 1.55. The number of alkyl halides is 3. The Morgan fingerprint density at radius 1 is 1.00 bits per heavy atom. The number of ether oxygens (including phenoxy) is 1. The van der Waals surface area contributed by atoms with E-state index >= 15 is 0 Å². The van der Waals surface area contributed by atoms with E-state index < -0.39 is 12.4 Å². The van der Waals surface area contributed by atoms with E-state index in [4.69, 9.17) is 0 Å². The number of para-hydroxylation sites is 1. The number of rotatable bonds is 7. The van der Waals surface area contributed by atoms with Gasteiger partial charge in [-0.25, -0.2) is 19.5 Å². The van der Waals surface area contributed by atoms with Crippen LogP contribution in [0.1, 0.15) is 50.7 Å². The lowest BCUT2D eigenvalue weighted by Crippen LogP contribution is -2.25. The van der Waals surface area contributed by atoms with Crippen LogP contribution in [0.15, 0.2) is 89.1 Å². The van der Waals surface area contributed by atoms with E-state index in [1.807, 2.05) is 50.2 Å². The number of amides is 2. The second-order valence-corrected chi connectivity index (χ2v) is 11.6. The second kappa shape index (κ2) is 13.0. The maximum absolute atomic E-state index is 12.9. The summed E-state index contributed by atoms with van der Waals surface area (Å²) in [6.45, 7) is 8.87. The van der Waals surface area contributed by atoms with Crippen LogP contribution >= 0.6 is 11.8 Å². The van der Waals surface area contributed by atoms with E-state index in [0.29, 0.717) is 28.3 Å². The zero-order chi connectivity index (χ0) is 31.4. The number of benzene rings is 3. The largest absolute Gasteiger partial charge is 0.573 e. The number of halogens is 3. The molecule has 1 aromatic heterocycles. The summed E-state index contributed by atoms with van der Waals surface area (Å²) in [4.78, 5) is 28.0. The first kappa shape index (κ1) is 31.0. The number of amidine groups is 1. The Hall–Kier alpha value is -4.45. The molecule has 3 aromatic carbocycles. The third kappa shape index (κ3) is 7.36. The van der Waals surface area contributed by atoms with E-state index in [2.05, 4.69) is 55.7 Å². The first-order chi connectivity index (χ1) is 21.0. The average Bonchev–Trinajstić information content (AvgIpc) is 3.67. The van der Waals surface area contributed by atoms with Crippen LogP contribution in [-0.4, -0.2) is 50.3 Å². The van der Waals surface area contributed by atoms with Gasteiger partial charge in [-0.05, 0) is 54.3 Å². The summed E-state index contributed by atoms with van der Waals surface area (Å²) < 4.78 is 42.7. The van der Waals surface area contributed by atoms with E-state index in [1.165, 1.54) is 40.8 Å². The Morgan fingerprint density at radius 2 is 1.70 bits per heavy atom. The Kier molecular flexibility index (Phi) is 9.19. The highest BCUT2D eigenvalue weighted by Gasteiger charge is 2.31. The van der Waals surface area contributed by atoms with Crippen LogP contribution in [0.4, 0.5) is 23.7 Å². The highest BCUT2D eigenvalue weighted by atomic mass is 32.2. The number of hydrogen-bond acceptors (Lipinski definition) is 5. The highest BCUT2D eigenvalue weighted by Crippen LogP contribution is 2.33. The van der Waals surface area contributed by atoms with Gasteiger partial charge in [-0.3, -0.25) is 0 Å². The van der Waals surface area contributed by atoms with Gasteiger partial charge in [0.05, 0.1) is 5.69 Å². The lowest BCUT2D eigenvalue weighted by atomic mass is 9.96. The lowest BCUT2D eigenvalue weighted by molar-refractivity contribution is -0.274. The van der Waals surface area contributed by atoms with Crippen molar-refractivity contribution in [3.8, 4) is 22.8 Å². The minimum atomic E-state index is -4.75. The third-order valence-electron chi connectivity index (χ3n) is 7.21. The molecule has 0 bridgehead atoms. The van der Waals surface area contributed by atoms with Gasteiger partial charge in [-0.15, -0.1) is 18.3 Å². The van der Waals surface area contributed by atoms with E-state index in [1.54, 1.807) is 11.8 Å². The Bertz CT molecular complexity index is 1680. The number of hydrogen-bond donors (Lipinski definition) is 0. The minimum Gasteiger partial charge on any atom is -0.406 e. The molecule has 4 aromatic rings. The number of carbonyl (C=O) groups is 1. The molecular weight excluding hydrogens is 589 g/mol. The number of nitrogens with zero attached hydrogens (tertiary/aromatic N) is 6. The molecule has 228 valence electrons. The summed E-state index contributed by atoms with van der Waals surface area (Å²) in [5, 5.41) is 5.11. The number of thioether (sulfide) groups is 1. The average molecular weight is 621 g/mol. The molecule has 0 radical (unpaired) electrons. The number of aromatic nitrogens is 3. The van der Waals surface area contributed by atoms with Crippen molar-refractivity contribution in [1.29, 1.82) is 0 Å². The van der Waals surface area contributed by atoms with Crippen molar-refractivity contribution in [1.82, 2.24) is 14.8 Å². The fourth-order valence-corrected chi connectivity index (χ4v) is 5.72. The molecule has 1 fully saturated rings. The van der Waals surface area contributed by atoms with Gasteiger partial charge in [0.1, 0.15) is 12.1 Å². The lowest BCUT2D eigenvalue weighted by Gasteiger charge is -2.22. The van der Waals surface area contributed by atoms with Crippen LogP contribution in [0.5, 0.6) is 5.75 Å². The van der Waals surface area contributed by atoms with Crippen molar-refractivity contribution >= 4 is 34.4 Å². The smallest absolute Gasteiger partial charge is 0.406 e. The monoisotopic (exact) mass is 620 g/mol. The molecule has 12 heteroatoms. The molecule has 1 atom stereocenters. The van der Waals surface area contributed by atoms with Gasteiger partial charge in [-0.1, -0.05) is 75.0 Å². The van der Waals surface area contributed by atoms with Crippen molar-refractivity contribution < 1.29 is 22.7 Å². The van der Waals surface area contributed by atoms with Crippen LogP contribution in [-0.2, 0) is 0 Å². The van der Waals surface area contributed by atoms with Crippen LogP contribution in [0, 0.1) is 0 Å². The molecule has 8 nitrogen and oxygen atoms in total. The summed E-state index contributed by atoms with van der Waals surface area (Å²) in [7, 11) is 0. The summed E-state index contributed by atoms with van der Waals surface area (Å²) in [6, 6.07) is 20.6. The standard InChI is InChI=1S/C32H31F3N6O2S/c1-20(2)27-7-5-6-8-28(27)40-17-18-44-31(40)38-30(42)37-22(4)21(3)23-9-11-24(12-10-23)29-36-19-41(39-29)25-13-15-26(16-14-25)43-32(33,34)35/h5-16,19-21H,17-18H2,1-4H3. The molecule has 1 unspecified atom stereocenters. The number of carbonyl (C=O) groups excluding carboxylic acids is 1. The molecule has 1 aliphatic heterocycles. The predicted octanol–water partition coefficient (Wildman–Crippen LogP) is 8.25. The summed E-state index contributed by atoms with van der Waals surface area (Å²) in [5.74, 6) is 1.20. The topological polar surface area (TPSA) is 85.0 Å². The van der Waals surface area contributed by atoms with Gasteiger partial charge in [0.15, 0.2) is 11.0 Å². The number of aliphatic imine (C=N–C) groups is 2. The molecule has 0 N–H and O–H groups in total. The van der Waals surface area contributed by atoms with Crippen LogP contribution in [0.25, 0.3) is 17.1 Å². The highest BCUT2D eigenvalue weighted by molar-refractivity contribution is 8.14. The molecule has 1 saturated heterocycles. The normalized spacial score (nSPS) is 15.7. The van der Waals surface area contributed by atoms with Gasteiger partial charge in [-0.2, -0.15) is 4.99 Å². The first-order valence-corrected chi connectivity index (χ1v) is 15.0. The molecule has 0 saturated carbocycles. The summed E-state index contributed by atoms with van der Waals surface area (Å²) in [5.41, 5.74) is 5.17. The molecule has 1 aliphatic rings. The van der Waals surface area contributed by atoms with Gasteiger partial charge < -0.3 is 9.64 Å². The maximum atomic E-state index is 12.9. The third-order valence-corrected chi connectivity index (χ3v) is 8.17. The zero-order valence-electron chi connectivity index (χ0n) is 24.6. The maximum Gasteiger partial charge on any atom is 0.573 e. The number of urea groups is 1. The molecule has 0 spiro atoms. The molecule has 44 heavy (non-hydrogen) atoms. The van der Waals surface area contributed by atoms with Gasteiger partial charge in [0.2, 0.25) is 0 Å². The van der Waals surface area contributed by atoms with Crippen molar-refractivity contribution in [3.63, 3.8) is 0 Å². The predicted molar refractivity (Wildman–Crippen MR) is 168 cm³/mol. The van der Waals surface area contributed by atoms with Gasteiger partial charge >= 0.3 is 12.4 Å². The SMILES string of the molecule is CC(=NC(=O)N=C1SCCN1c1ccccc1C(C)C)C(C)c1ccc(-c2ncn(-c3ccc(OC(F)(F)F)cc3)n2)cc1. The van der Waals surface area contributed by atoms with E-state index in [0.717, 1.165) is 29.1 Å². The fraction of sp³-hybridized carbons (Fsp3) is 0.281. The van der Waals surface area contributed by atoms with E-state index in [-0.39, 0.29) is 11.7 Å². The Morgan fingerprint density at radius 3 is 2.39 bits per heavy atom.